The molecule has 2 fully saturated rings. The summed E-state index contributed by atoms with van der Waals surface area (Å²) in [4.78, 5) is 48.7. The number of carbonyl (C=O) groups is 4. The molecule has 2 aliphatic heterocycles. The predicted molar refractivity (Wildman–Crippen MR) is 69.9 cm³/mol. The SMILES string of the molecule is O=C1CCC(=O)N1c1ccc(N2C(=O)CCC2=O)cc1. The number of imide groups is 2. The molecule has 2 heterocycles. The van der Waals surface area contributed by atoms with E-state index in [0.717, 1.165) is 9.80 Å². The maximum Gasteiger partial charge on any atom is 0.234 e. The van der Waals surface area contributed by atoms with Gasteiger partial charge in [0.15, 0.2) is 0 Å². The number of amides is 4. The van der Waals surface area contributed by atoms with Crippen LogP contribution < -0.4 is 9.80 Å². The summed E-state index contributed by atoms with van der Waals surface area (Å²) in [6, 6.07) is 6.31. The molecule has 3 rings (SSSR count). The molecule has 0 spiro atoms. The standard InChI is InChI=1S/C14H12N2O4/c17-11-5-6-12(18)15(11)9-1-2-10(4-3-9)16-13(19)7-8-14(16)20/h1-4H,5-8H2. The Hall–Kier alpha value is -2.50. The number of hydrogen-bond donors (Lipinski definition) is 0. The Morgan fingerprint density at radius 1 is 0.550 bits per heavy atom. The molecule has 0 atom stereocenters. The maximum atomic E-state index is 11.6. The van der Waals surface area contributed by atoms with Gasteiger partial charge >= 0.3 is 0 Å². The Kier molecular flexibility index (Phi) is 2.85. The van der Waals surface area contributed by atoms with Crippen LogP contribution in [-0.2, 0) is 19.2 Å². The fraction of sp³-hybridized carbons (Fsp3) is 0.286. The van der Waals surface area contributed by atoms with E-state index in [1.807, 2.05) is 0 Å². The molecule has 0 radical (unpaired) electrons. The first-order valence-corrected chi connectivity index (χ1v) is 6.39. The molecule has 0 aromatic heterocycles. The Morgan fingerprint density at radius 3 is 1.05 bits per heavy atom. The van der Waals surface area contributed by atoms with E-state index >= 15 is 0 Å². The fourth-order valence-corrected chi connectivity index (χ4v) is 2.48. The van der Waals surface area contributed by atoms with Crippen molar-refractivity contribution in [1.29, 1.82) is 0 Å². The molecule has 20 heavy (non-hydrogen) atoms. The summed E-state index contributed by atoms with van der Waals surface area (Å²) in [5, 5.41) is 0. The van der Waals surface area contributed by atoms with E-state index in [2.05, 4.69) is 0 Å². The van der Waals surface area contributed by atoms with Crippen LogP contribution in [0, 0.1) is 0 Å². The number of hydrogen-bond acceptors (Lipinski definition) is 4. The molecule has 6 nitrogen and oxygen atoms in total. The molecular weight excluding hydrogens is 260 g/mol. The molecule has 6 heteroatoms. The van der Waals surface area contributed by atoms with Gasteiger partial charge in [-0.1, -0.05) is 0 Å². The zero-order valence-corrected chi connectivity index (χ0v) is 10.7. The number of rotatable bonds is 2. The van der Waals surface area contributed by atoms with Crippen LogP contribution in [0.25, 0.3) is 0 Å². The van der Waals surface area contributed by atoms with Gasteiger partial charge < -0.3 is 0 Å². The first-order chi connectivity index (χ1) is 9.58. The highest BCUT2D eigenvalue weighted by molar-refractivity contribution is 6.21. The van der Waals surface area contributed by atoms with Gasteiger partial charge in [-0.2, -0.15) is 0 Å². The highest BCUT2D eigenvalue weighted by atomic mass is 16.2. The van der Waals surface area contributed by atoms with E-state index in [9.17, 15) is 19.2 Å². The van der Waals surface area contributed by atoms with Crippen molar-refractivity contribution in [3.63, 3.8) is 0 Å². The van der Waals surface area contributed by atoms with Gasteiger partial charge in [0.2, 0.25) is 23.6 Å². The van der Waals surface area contributed by atoms with Crippen molar-refractivity contribution in [2.75, 3.05) is 9.80 Å². The van der Waals surface area contributed by atoms with Crippen LogP contribution >= 0.6 is 0 Å². The minimum absolute atomic E-state index is 0.226. The fourth-order valence-electron chi connectivity index (χ4n) is 2.48. The minimum atomic E-state index is -0.226. The summed E-state index contributed by atoms with van der Waals surface area (Å²) >= 11 is 0. The van der Waals surface area contributed by atoms with Gasteiger partial charge in [0, 0.05) is 25.7 Å². The minimum Gasteiger partial charge on any atom is -0.274 e. The molecular formula is C14H12N2O4. The first-order valence-electron chi connectivity index (χ1n) is 6.39. The van der Waals surface area contributed by atoms with Gasteiger partial charge in [-0.3, -0.25) is 29.0 Å². The predicted octanol–water partition coefficient (Wildman–Crippen LogP) is 0.993. The van der Waals surface area contributed by atoms with Crippen LogP contribution in [0.5, 0.6) is 0 Å². The van der Waals surface area contributed by atoms with Gasteiger partial charge in [-0.05, 0) is 24.3 Å². The average molecular weight is 272 g/mol. The molecule has 0 bridgehead atoms. The zero-order valence-electron chi connectivity index (χ0n) is 10.7. The highest BCUT2D eigenvalue weighted by Gasteiger charge is 2.32. The second-order valence-corrected chi connectivity index (χ2v) is 4.76. The van der Waals surface area contributed by atoms with E-state index in [1.165, 1.54) is 0 Å². The van der Waals surface area contributed by atoms with E-state index in [0.29, 0.717) is 11.4 Å². The van der Waals surface area contributed by atoms with Crippen molar-refractivity contribution in [3.05, 3.63) is 24.3 Å². The van der Waals surface area contributed by atoms with E-state index < -0.39 is 0 Å². The van der Waals surface area contributed by atoms with Gasteiger partial charge in [0.1, 0.15) is 0 Å². The van der Waals surface area contributed by atoms with Crippen LogP contribution in [0.3, 0.4) is 0 Å². The molecule has 4 amide bonds. The molecule has 102 valence electrons. The highest BCUT2D eigenvalue weighted by Crippen LogP contribution is 2.27. The van der Waals surface area contributed by atoms with Crippen molar-refractivity contribution >= 4 is 35.0 Å². The molecule has 1 aromatic carbocycles. The largest absolute Gasteiger partial charge is 0.274 e. The monoisotopic (exact) mass is 272 g/mol. The lowest BCUT2D eigenvalue weighted by Gasteiger charge is -2.17. The second kappa shape index (κ2) is 4.56. The number of nitrogens with zero attached hydrogens (tertiary/aromatic N) is 2. The molecule has 0 saturated carbocycles. The number of carbonyl (C=O) groups excluding carboxylic acids is 4. The van der Waals surface area contributed by atoms with E-state index in [1.54, 1.807) is 24.3 Å². The third kappa shape index (κ3) is 1.89. The molecule has 0 N–H and O–H groups in total. The van der Waals surface area contributed by atoms with Crippen molar-refractivity contribution in [1.82, 2.24) is 0 Å². The van der Waals surface area contributed by atoms with Crippen LogP contribution in [0.1, 0.15) is 25.7 Å². The van der Waals surface area contributed by atoms with E-state index in [-0.39, 0.29) is 49.3 Å². The third-order valence-corrected chi connectivity index (χ3v) is 3.47. The lowest BCUT2D eigenvalue weighted by molar-refractivity contribution is -0.122. The van der Waals surface area contributed by atoms with Crippen molar-refractivity contribution in [2.24, 2.45) is 0 Å². The van der Waals surface area contributed by atoms with Gasteiger partial charge in [0.05, 0.1) is 11.4 Å². The normalized spacial score (nSPS) is 19.4. The summed E-state index contributed by atoms with van der Waals surface area (Å²) in [6.07, 6.45) is 0.903. The van der Waals surface area contributed by atoms with Crippen molar-refractivity contribution in [2.45, 2.75) is 25.7 Å². The van der Waals surface area contributed by atoms with Crippen LogP contribution in [0.4, 0.5) is 11.4 Å². The molecule has 2 aliphatic rings. The van der Waals surface area contributed by atoms with Crippen molar-refractivity contribution < 1.29 is 19.2 Å². The Bertz CT molecular complexity index is 534. The lowest BCUT2D eigenvalue weighted by atomic mass is 10.2. The quantitative estimate of drug-likeness (QED) is 0.752. The smallest absolute Gasteiger partial charge is 0.234 e. The average Bonchev–Trinajstić information content (AvgIpc) is 2.94. The molecule has 1 aromatic rings. The molecule has 0 unspecified atom stereocenters. The Labute approximate surface area is 115 Å². The number of benzene rings is 1. The van der Waals surface area contributed by atoms with Gasteiger partial charge in [-0.15, -0.1) is 0 Å². The summed E-state index contributed by atoms with van der Waals surface area (Å²) in [7, 11) is 0. The topological polar surface area (TPSA) is 74.8 Å². The summed E-state index contributed by atoms with van der Waals surface area (Å²) < 4.78 is 0. The second-order valence-electron chi connectivity index (χ2n) is 4.76. The van der Waals surface area contributed by atoms with E-state index in [4.69, 9.17) is 0 Å². The number of anilines is 2. The van der Waals surface area contributed by atoms with Gasteiger partial charge in [0.25, 0.3) is 0 Å². The Morgan fingerprint density at radius 2 is 0.800 bits per heavy atom. The third-order valence-electron chi connectivity index (χ3n) is 3.47. The molecule has 2 saturated heterocycles. The van der Waals surface area contributed by atoms with Gasteiger partial charge in [-0.25, -0.2) is 0 Å². The van der Waals surface area contributed by atoms with Crippen LogP contribution in [0.15, 0.2) is 24.3 Å². The molecule has 0 aliphatic carbocycles. The maximum absolute atomic E-state index is 11.6. The lowest BCUT2D eigenvalue weighted by Crippen LogP contribution is -2.30. The van der Waals surface area contributed by atoms with Crippen molar-refractivity contribution in [3.8, 4) is 0 Å². The summed E-state index contributed by atoms with van der Waals surface area (Å²) in [5.74, 6) is -0.903. The summed E-state index contributed by atoms with van der Waals surface area (Å²) in [6.45, 7) is 0. The van der Waals surface area contributed by atoms with Crippen LogP contribution in [0.2, 0.25) is 0 Å². The summed E-state index contributed by atoms with van der Waals surface area (Å²) in [5.41, 5.74) is 0.945. The zero-order chi connectivity index (χ0) is 14.3. The Balaban J connectivity index is 1.88. The van der Waals surface area contributed by atoms with Crippen LogP contribution in [-0.4, -0.2) is 23.6 Å². The first kappa shape index (κ1) is 12.5.